The van der Waals surface area contributed by atoms with Gasteiger partial charge in [0.15, 0.2) is 11.4 Å². The zero-order valence-corrected chi connectivity index (χ0v) is 24.8. The fraction of sp³-hybridized carbons (Fsp3) is 0.435. The van der Waals surface area contributed by atoms with Gasteiger partial charge >= 0.3 is 6.18 Å². The van der Waals surface area contributed by atoms with E-state index in [2.05, 4.69) is 0 Å². The first-order chi connectivity index (χ1) is 18.4. The lowest BCUT2D eigenvalue weighted by Gasteiger charge is -2.24. The highest BCUT2D eigenvalue weighted by Crippen LogP contribution is 2.48. The maximum atomic E-state index is 13.8. The van der Waals surface area contributed by atoms with Crippen LogP contribution in [0.5, 0.6) is 0 Å². The lowest BCUT2D eigenvalue weighted by molar-refractivity contribution is -0.664. The average Bonchev–Trinajstić information content (AvgIpc) is 3.39. The van der Waals surface area contributed by atoms with E-state index < -0.39 is 48.5 Å². The van der Waals surface area contributed by atoms with Gasteiger partial charge in [0.2, 0.25) is 5.52 Å². The molecule has 1 aliphatic rings. The highest BCUT2D eigenvalue weighted by Gasteiger charge is 2.39. The Morgan fingerprint density at radius 3 is 2.27 bits per heavy atom. The van der Waals surface area contributed by atoms with E-state index in [1.165, 1.54) is 22.3 Å². The molecule has 2 N–H and O–H groups in total. The second-order valence-electron chi connectivity index (χ2n) is 9.31. The molecule has 3 aromatic rings. The summed E-state index contributed by atoms with van der Waals surface area (Å²) in [6.45, 7) is 3.80. The van der Waals surface area contributed by atoms with E-state index in [4.69, 9.17) is 11.6 Å². The molecule has 0 fully saturated rings. The van der Waals surface area contributed by atoms with Gasteiger partial charge in [-0.15, -0.1) is 0 Å². The number of anilines is 2. The van der Waals surface area contributed by atoms with Gasteiger partial charge in [-0.1, -0.05) is 11.6 Å². The number of fused-ring (bicyclic) bond motifs is 2. The molecular weight excluding hydrogens is 617 g/mol. The summed E-state index contributed by atoms with van der Waals surface area (Å²) < 4.78 is 109. The van der Waals surface area contributed by atoms with E-state index in [9.17, 15) is 39.1 Å². The van der Waals surface area contributed by atoms with Gasteiger partial charge in [-0.2, -0.15) is 34.6 Å². The molecule has 0 spiro atoms. The van der Waals surface area contributed by atoms with Crippen molar-refractivity contribution in [1.82, 2.24) is 4.57 Å². The number of thiazole rings is 1. The molecule has 3 heterocycles. The van der Waals surface area contributed by atoms with Crippen LogP contribution in [-0.2, 0) is 40.0 Å². The van der Waals surface area contributed by atoms with Crippen molar-refractivity contribution in [1.29, 1.82) is 0 Å². The Bertz CT molecular complexity index is 1720. The van der Waals surface area contributed by atoms with Gasteiger partial charge in [-0.25, -0.2) is 0 Å². The summed E-state index contributed by atoms with van der Waals surface area (Å²) in [4.78, 5) is 4.05. The molecule has 10 nitrogen and oxygen atoms in total. The summed E-state index contributed by atoms with van der Waals surface area (Å²) in [5.41, 5.74) is 1.07. The van der Waals surface area contributed by atoms with Crippen LogP contribution in [0, 0.1) is 6.92 Å². The Labute approximate surface area is 238 Å². The van der Waals surface area contributed by atoms with Crippen molar-refractivity contribution >= 4 is 71.0 Å². The normalized spacial score (nSPS) is 15.6. The van der Waals surface area contributed by atoms with Crippen molar-refractivity contribution in [3.8, 4) is 0 Å². The number of aromatic nitrogens is 2. The van der Waals surface area contributed by atoms with Gasteiger partial charge in [-0.3, -0.25) is 9.11 Å². The lowest BCUT2D eigenvalue weighted by Crippen LogP contribution is -2.39. The van der Waals surface area contributed by atoms with E-state index in [0.29, 0.717) is 23.1 Å². The fourth-order valence-corrected chi connectivity index (χ4v) is 7.22. The van der Waals surface area contributed by atoms with Crippen LogP contribution in [-0.4, -0.2) is 55.1 Å². The molecular formula is C23H27ClF3N4O6S3+. The summed E-state index contributed by atoms with van der Waals surface area (Å²) >= 11 is 7.35. The fourth-order valence-electron chi connectivity index (χ4n) is 4.83. The molecule has 0 radical (unpaired) electrons. The number of nitrogens with zero attached hydrogens (tertiary/aromatic N) is 4. The number of hydrogen-bond donors (Lipinski definition) is 2. The van der Waals surface area contributed by atoms with Crippen LogP contribution in [0.2, 0.25) is 5.02 Å². The third-order valence-corrected chi connectivity index (χ3v) is 9.49. The summed E-state index contributed by atoms with van der Waals surface area (Å²) in [5, 5.41) is 0.0562. The molecule has 2 aromatic heterocycles. The molecule has 40 heavy (non-hydrogen) atoms. The standard InChI is InChI=1S/C23H26ClF3N4O6S3/c1-4-29-18-11-16(24)15(23(25,26)27)10-17(18)30(6-5-8-39(32,33)34)19(29)12-20-31(7-9-40(35,36)37)21-14(2)13-28(3)22(21)38-20/h10-13H,4-9H2,1-3H3,(H-,32,33,34,35,36,37)/p+1. The second kappa shape index (κ2) is 10.8. The minimum absolute atomic E-state index is 0.0526. The van der Waals surface area contributed by atoms with Crippen molar-refractivity contribution in [3.63, 3.8) is 0 Å². The monoisotopic (exact) mass is 643 g/mol. The van der Waals surface area contributed by atoms with Crippen molar-refractivity contribution < 1.29 is 43.7 Å². The molecule has 4 rings (SSSR count). The molecule has 220 valence electrons. The molecule has 0 bridgehead atoms. The number of aryl methyl sites for hydroxylation is 3. The zero-order valence-electron chi connectivity index (χ0n) is 21.6. The van der Waals surface area contributed by atoms with Crippen LogP contribution in [0.15, 0.2) is 24.2 Å². The van der Waals surface area contributed by atoms with Gasteiger partial charge < -0.3 is 14.4 Å². The molecule has 0 atom stereocenters. The first-order valence-electron chi connectivity index (χ1n) is 12.0. The van der Waals surface area contributed by atoms with Crippen molar-refractivity contribution in [2.45, 2.75) is 33.0 Å². The van der Waals surface area contributed by atoms with Crippen LogP contribution in [0.4, 0.5) is 24.5 Å². The quantitative estimate of drug-likeness (QED) is 0.261. The first-order valence-corrected chi connectivity index (χ1v) is 16.4. The maximum Gasteiger partial charge on any atom is 0.417 e. The summed E-state index contributed by atoms with van der Waals surface area (Å²) in [7, 11) is -6.80. The second-order valence-corrected chi connectivity index (χ2v) is 13.9. The van der Waals surface area contributed by atoms with Gasteiger partial charge in [0, 0.05) is 31.9 Å². The number of hydrogen-bond acceptors (Lipinski definition) is 7. The topological polar surface area (TPSA) is 124 Å². The highest BCUT2D eigenvalue weighted by molar-refractivity contribution is 7.86. The van der Waals surface area contributed by atoms with E-state index in [-0.39, 0.29) is 25.2 Å². The predicted molar refractivity (Wildman–Crippen MR) is 148 cm³/mol. The Balaban J connectivity index is 1.92. The van der Waals surface area contributed by atoms with Crippen LogP contribution in [0.1, 0.15) is 29.5 Å². The summed E-state index contributed by atoms with van der Waals surface area (Å²) in [6, 6.07) is 2.12. The van der Waals surface area contributed by atoms with Crippen molar-refractivity contribution in [2.75, 3.05) is 34.4 Å². The van der Waals surface area contributed by atoms with E-state index in [1.54, 1.807) is 22.5 Å². The van der Waals surface area contributed by atoms with Gasteiger partial charge in [0.25, 0.3) is 25.2 Å². The Kier molecular flexibility index (Phi) is 8.26. The Morgan fingerprint density at radius 2 is 1.70 bits per heavy atom. The zero-order chi connectivity index (χ0) is 29.8. The number of alkyl halides is 3. The largest absolute Gasteiger partial charge is 0.417 e. The molecule has 0 saturated carbocycles. The van der Waals surface area contributed by atoms with Crippen LogP contribution in [0.3, 0.4) is 0 Å². The molecule has 0 amide bonds. The van der Waals surface area contributed by atoms with Gasteiger partial charge in [0.1, 0.15) is 11.6 Å². The summed E-state index contributed by atoms with van der Waals surface area (Å²) in [6.07, 6.45) is -1.27. The van der Waals surface area contributed by atoms with Crippen molar-refractivity contribution in [2.24, 2.45) is 7.05 Å². The molecule has 0 aliphatic carbocycles. The molecule has 1 aliphatic heterocycles. The Morgan fingerprint density at radius 1 is 1.07 bits per heavy atom. The average molecular weight is 644 g/mol. The number of rotatable bonds is 9. The smallest absolute Gasteiger partial charge is 0.337 e. The van der Waals surface area contributed by atoms with Gasteiger partial charge in [0.05, 0.1) is 33.8 Å². The number of halogens is 4. The maximum absolute atomic E-state index is 13.8. The van der Waals surface area contributed by atoms with Crippen LogP contribution < -0.4 is 14.4 Å². The SMILES string of the molecule is CCN1C(=Cc2sc3c(c(C)cn3C)[n+]2CCS(=O)(=O)O)N(CCCS(=O)(=O)O)c2cc(C(F)(F)F)c(Cl)cc21. The van der Waals surface area contributed by atoms with Crippen LogP contribution in [0.25, 0.3) is 16.4 Å². The molecule has 0 unspecified atom stereocenters. The van der Waals surface area contributed by atoms with Gasteiger partial charge in [-0.05, 0) is 43.7 Å². The summed E-state index contributed by atoms with van der Waals surface area (Å²) in [5.74, 6) is -0.754. The first kappa shape index (κ1) is 30.6. The molecule has 1 aromatic carbocycles. The molecule has 17 heteroatoms. The molecule has 0 saturated heterocycles. The predicted octanol–water partition coefficient (Wildman–Crippen LogP) is 4.32. The van der Waals surface area contributed by atoms with E-state index in [0.717, 1.165) is 22.0 Å². The van der Waals surface area contributed by atoms with E-state index in [1.807, 2.05) is 24.7 Å². The Hall–Kier alpha value is -2.37. The minimum Gasteiger partial charge on any atom is -0.337 e. The lowest BCUT2D eigenvalue weighted by atomic mass is 10.1. The number of benzene rings is 1. The highest BCUT2D eigenvalue weighted by atomic mass is 35.5. The van der Waals surface area contributed by atoms with Crippen molar-refractivity contribution in [3.05, 3.63) is 45.3 Å². The minimum atomic E-state index is -4.74. The third kappa shape index (κ3) is 6.26. The van der Waals surface area contributed by atoms with E-state index >= 15 is 0 Å². The van der Waals surface area contributed by atoms with Crippen LogP contribution >= 0.6 is 22.9 Å². The third-order valence-electron chi connectivity index (χ3n) is 6.45.